The molecule has 0 fully saturated rings. The lowest BCUT2D eigenvalue weighted by molar-refractivity contribution is -0.116. The molecule has 1 aromatic rings. The third kappa shape index (κ3) is 5.46. The maximum Gasteiger partial charge on any atom is 0.244 e. The summed E-state index contributed by atoms with van der Waals surface area (Å²) in [4.78, 5) is 11.4. The Hall–Kier alpha value is -1.87. The van der Waals surface area contributed by atoms with Gasteiger partial charge >= 0.3 is 0 Å². The summed E-state index contributed by atoms with van der Waals surface area (Å²) < 4.78 is 0. The van der Waals surface area contributed by atoms with Gasteiger partial charge in [0.15, 0.2) is 0 Å². The number of hydrogen-bond donors (Lipinski definition) is 2. The minimum absolute atomic E-state index is 0.0841. The molecule has 3 N–H and O–H groups in total. The van der Waals surface area contributed by atoms with Gasteiger partial charge in [-0.1, -0.05) is 42.5 Å². The molecule has 0 atom stereocenters. The molecular weight excluding hydrogens is 224 g/mol. The Morgan fingerprint density at radius 1 is 1.22 bits per heavy atom. The summed E-state index contributed by atoms with van der Waals surface area (Å²) in [5.74, 6) is -0.0841. The lowest BCUT2D eigenvalue weighted by atomic mass is 10.1. The van der Waals surface area contributed by atoms with Crippen molar-refractivity contribution in [3.8, 4) is 0 Å². The van der Waals surface area contributed by atoms with Crippen molar-refractivity contribution in [3.05, 3.63) is 59.7 Å². The highest BCUT2D eigenvalue weighted by Gasteiger charge is 1.97. The second-order valence-corrected chi connectivity index (χ2v) is 3.96. The molecule has 1 rings (SSSR count). The van der Waals surface area contributed by atoms with E-state index >= 15 is 0 Å². The van der Waals surface area contributed by atoms with Crippen LogP contribution in [0, 0.1) is 0 Å². The highest BCUT2D eigenvalue weighted by molar-refractivity contribution is 5.87. The summed E-state index contributed by atoms with van der Waals surface area (Å²) in [5, 5.41) is 2.82. The van der Waals surface area contributed by atoms with Crippen molar-refractivity contribution in [3.63, 3.8) is 0 Å². The summed E-state index contributed by atoms with van der Waals surface area (Å²) in [5.41, 5.74) is 7.79. The van der Waals surface area contributed by atoms with Gasteiger partial charge in [-0.3, -0.25) is 4.79 Å². The number of benzene rings is 1. The molecule has 0 aromatic heterocycles. The first-order valence-electron chi connectivity index (χ1n) is 6.11. The molecule has 0 saturated heterocycles. The smallest absolute Gasteiger partial charge is 0.244 e. The summed E-state index contributed by atoms with van der Waals surface area (Å²) in [6, 6.07) is 8.12. The van der Waals surface area contributed by atoms with Crippen LogP contribution in [-0.4, -0.2) is 12.5 Å². The number of allylic oxidation sites excluding steroid dienone is 3. The largest absolute Gasteiger partial charge is 0.348 e. The third-order valence-electron chi connectivity index (χ3n) is 2.47. The molecule has 18 heavy (non-hydrogen) atoms. The molecule has 1 amide bonds. The molecule has 0 radical (unpaired) electrons. The van der Waals surface area contributed by atoms with Gasteiger partial charge in [0.25, 0.3) is 0 Å². The van der Waals surface area contributed by atoms with Crippen molar-refractivity contribution >= 4 is 5.91 Å². The van der Waals surface area contributed by atoms with E-state index in [4.69, 9.17) is 5.73 Å². The molecular formula is C15H20N2O. The highest BCUT2D eigenvalue weighted by Crippen LogP contribution is 2.04. The number of hydrogen-bond acceptors (Lipinski definition) is 2. The molecule has 0 aliphatic heterocycles. The summed E-state index contributed by atoms with van der Waals surface area (Å²) in [7, 11) is 0. The molecule has 0 saturated carbocycles. The normalized spacial score (nSPS) is 11.2. The standard InChI is InChI=1S/C15H20N2O/c1-2-3-4-5-15(18)17-12-14-8-6-13(7-9-14)10-11-16/h2-9H,10-12,16H2,1H3,(H,17,18). The zero-order valence-corrected chi connectivity index (χ0v) is 10.7. The Balaban J connectivity index is 2.41. The van der Waals surface area contributed by atoms with Gasteiger partial charge in [-0.2, -0.15) is 0 Å². The van der Waals surface area contributed by atoms with Crippen LogP contribution in [0.3, 0.4) is 0 Å². The zero-order chi connectivity index (χ0) is 13.2. The van der Waals surface area contributed by atoms with Crippen LogP contribution in [0.1, 0.15) is 18.1 Å². The van der Waals surface area contributed by atoms with Gasteiger partial charge in [-0.25, -0.2) is 0 Å². The number of nitrogens with one attached hydrogen (secondary N) is 1. The molecule has 0 bridgehead atoms. The summed E-state index contributed by atoms with van der Waals surface area (Å²) >= 11 is 0. The maximum absolute atomic E-state index is 11.4. The van der Waals surface area contributed by atoms with Gasteiger partial charge < -0.3 is 11.1 Å². The van der Waals surface area contributed by atoms with Gasteiger partial charge in [-0.15, -0.1) is 0 Å². The van der Waals surface area contributed by atoms with Crippen LogP contribution in [0.2, 0.25) is 0 Å². The fourth-order valence-corrected chi connectivity index (χ4v) is 1.49. The van der Waals surface area contributed by atoms with Crippen LogP contribution in [0.25, 0.3) is 0 Å². The van der Waals surface area contributed by atoms with E-state index in [2.05, 4.69) is 5.32 Å². The van der Waals surface area contributed by atoms with Gasteiger partial charge in [0, 0.05) is 12.6 Å². The van der Waals surface area contributed by atoms with Crippen molar-refractivity contribution in [2.75, 3.05) is 6.54 Å². The van der Waals surface area contributed by atoms with Gasteiger partial charge in [-0.05, 0) is 31.0 Å². The van der Waals surface area contributed by atoms with E-state index in [0.29, 0.717) is 13.1 Å². The van der Waals surface area contributed by atoms with Crippen molar-refractivity contribution in [2.24, 2.45) is 5.73 Å². The van der Waals surface area contributed by atoms with Crippen LogP contribution >= 0.6 is 0 Å². The fraction of sp³-hybridized carbons (Fsp3) is 0.267. The average molecular weight is 244 g/mol. The zero-order valence-electron chi connectivity index (χ0n) is 10.7. The Bertz CT molecular complexity index is 419. The molecule has 3 heteroatoms. The van der Waals surface area contributed by atoms with Gasteiger partial charge in [0.2, 0.25) is 5.91 Å². The average Bonchev–Trinajstić information content (AvgIpc) is 2.39. The Kier molecular flexibility index (Phi) is 6.51. The van der Waals surface area contributed by atoms with Crippen molar-refractivity contribution < 1.29 is 4.79 Å². The van der Waals surface area contributed by atoms with Crippen molar-refractivity contribution in [2.45, 2.75) is 19.9 Å². The van der Waals surface area contributed by atoms with Crippen molar-refractivity contribution in [1.82, 2.24) is 5.32 Å². The predicted molar refractivity (Wildman–Crippen MR) is 75.0 cm³/mol. The number of rotatable bonds is 6. The predicted octanol–water partition coefficient (Wildman–Crippen LogP) is 1.94. The minimum atomic E-state index is -0.0841. The Morgan fingerprint density at radius 2 is 1.89 bits per heavy atom. The summed E-state index contributed by atoms with van der Waals surface area (Å²) in [6.07, 6.45) is 7.82. The molecule has 1 aromatic carbocycles. The monoisotopic (exact) mass is 244 g/mol. The van der Waals surface area contributed by atoms with Crippen LogP contribution in [-0.2, 0) is 17.8 Å². The first kappa shape index (κ1) is 14.2. The number of carbonyl (C=O) groups is 1. The lowest BCUT2D eigenvalue weighted by Gasteiger charge is -2.04. The fourth-order valence-electron chi connectivity index (χ4n) is 1.49. The summed E-state index contributed by atoms with van der Waals surface area (Å²) in [6.45, 7) is 3.11. The number of nitrogens with two attached hydrogens (primary N) is 1. The molecule has 3 nitrogen and oxygen atoms in total. The quantitative estimate of drug-likeness (QED) is 0.593. The maximum atomic E-state index is 11.4. The first-order valence-corrected chi connectivity index (χ1v) is 6.11. The molecule has 0 aliphatic carbocycles. The van der Waals surface area contributed by atoms with Crippen LogP contribution in [0.5, 0.6) is 0 Å². The van der Waals surface area contributed by atoms with E-state index in [1.807, 2.05) is 43.3 Å². The molecule has 0 aliphatic rings. The van der Waals surface area contributed by atoms with Crippen LogP contribution in [0.15, 0.2) is 48.6 Å². The highest BCUT2D eigenvalue weighted by atomic mass is 16.1. The second-order valence-electron chi connectivity index (χ2n) is 3.96. The number of amides is 1. The lowest BCUT2D eigenvalue weighted by Crippen LogP contribution is -2.20. The molecule has 0 heterocycles. The molecule has 0 spiro atoms. The molecule has 96 valence electrons. The van der Waals surface area contributed by atoms with E-state index in [9.17, 15) is 4.79 Å². The Labute approximate surface area is 108 Å². The van der Waals surface area contributed by atoms with Gasteiger partial charge in [0.1, 0.15) is 0 Å². The van der Waals surface area contributed by atoms with E-state index < -0.39 is 0 Å². The second kappa shape index (κ2) is 8.25. The SMILES string of the molecule is CC=CC=CC(=O)NCc1ccc(CCN)cc1. The van der Waals surface area contributed by atoms with Crippen LogP contribution in [0.4, 0.5) is 0 Å². The topological polar surface area (TPSA) is 55.1 Å². The first-order chi connectivity index (χ1) is 8.76. The minimum Gasteiger partial charge on any atom is -0.348 e. The van der Waals surface area contributed by atoms with Gasteiger partial charge in [0.05, 0.1) is 0 Å². The number of carbonyl (C=O) groups excluding carboxylic acids is 1. The van der Waals surface area contributed by atoms with Crippen molar-refractivity contribution in [1.29, 1.82) is 0 Å². The Morgan fingerprint density at radius 3 is 2.50 bits per heavy atom. The van der Waals surface area contributed by atoms with E-state index in [-0.39, 0.29) is 5.91 Å². The van der Waals surface area contributed by atoms with E-state index in [1.54, 1.807) is 6.08 Å². The van der Waals surface area contributed by atoms with E-state index in [0.717, 1.165) is 12.0 Å². The molecule has 0 unspecified atom stereocenters. The van der Waals surface area contributed by atoms with E-state index in [1.165, 1.54) is 11.6 Å². The third-order valence-corrected chi connectivity index (χ3v) is 2.47. The van der Waals surface area contributed by atoms with Crippen LogP contribution < -0.4 is 11.1 Å².